The van der Waals surface area contributed by atoms with Crippen molar-refractivity contribution in [3.8, 4) is 0 Å². The van der Waals surface area contributed by atoms with Crippen molar-refractivity contribution in [1.82, 2.24) is 14.7 Å². The minimum Gasteiger partial charge on any atom is -0.465 e. The van der Waals surface area contributed by atoms with E-state index in [1.165, 1.54) is 154 Å². The maximum absolute atomic E-state index is 12.8. The first-order valence-corrected chi connectivity index (χ1v) is 27.1. The van der Waals surface area contributed by atoms with Crippen molar-refractivity contribution < 1.29 is 23.9 Å². The summed E-state index contributed by atoms with van der Waals surface area (Å²) in [6.45, 7) is 17.8. The number of esters is 2. The second-order valence-corrected chi connectivity index (χ2v) is 19.3. The van der Waals surface area contributed by atoms with E-state index in [0.717, 1.165) is 90.6 Å². The molecule has 0 aliphatic carbocycles. The van der Waals surface area contributed by atoms with Gasteiger partial charge < -0.3 is 24.2 Å². The van der Waals surface area contributed by atoms with Crippen LogP contribution in [0.15, 0.2) is 0 Å². The fourth-order valence-electron chi connectivity index (χ4n) is 8.54. The van der Waals surface area contributed by atoms with Crippen LogP contribution in [0.2, 0.25) is 0 Å². The van der Waals surface area contributed by atoms with Crippen molar-refractivity contribution >= 4 is 17.8 Å². The summed E-state index contributed by atoms with van der Waals surface area (Å²) in [6.07, 6.45) is 39.9. The average molecular weight is 878 g/mol. The lowest BCUT2D eigenvalue weighted by Crippen LogP contribution is -2.35. The number of ether oxygens (including phenoxy) is 2. The smallest absolute Gasteiger partial charge is 0.305 e. The molecule has 0 saturated carbocycles. The third-order valence-electron chi connectivity index (χ3n) is 13.2. The summed E-state index contributed by atoms with van der Waals surface area (Å²) in [5.74, 6) is 1.12. The Labute approximate surface area is 386 Å². The first kappa shape index (κ1) is 60.3. The maximum atomic E-state index is 12.8. The molecule has 0 aromatic carbocycles. The summed E-state index contributed by atoms with van der Waals surface area (Å²) in [7, 11) is 4.08. The van der Waals surface area contributed by atoms with E-state index in [2.05, 4.69) is 44.5 Å². The molecule has 0 heterocycles. The van der Waals surface area contributed by atoms with Gasteiger partial charge in [-0.05, 0) is 103 Å². The van der Waals surface area contributed by atoms with Gasteiger partial charge in [-0.25, -0.2) is 0 Å². The predicted octanol–water partition coefficient (Wildman–Crippen LogP) is 14.4. The summed E-state index contributed by atoms with van der Waals surface area (Å²) in [5.41, 5.74) is 0. The Balaban J connectivity index is 4.83. The Morgan fingerprint density at radius 3 is 1.13 bits per heavy atom. The van der Waals surface area contributed by atoms with Gasteiger partial charge in [-0.15, -0.1) is 0 Å². The first-order valence-electron chi connectivity index (χ1n) is 27.1. The van der Waals surface area contributed by atoms with Crippen LogP contribution in [0, 0.1) is 11.8 Å². The van der Waals surface area contributed by atoms with Gasteiger partial charge in [0.1, 0.15) is 0 Å². The topological polar surface area (TPSA) is 79.4 Å². The van der Waals surface area contributed by atoms with Gasteiger partial charge in [0.2, 0.25) is 5.91 Å². The van der Waals surface area contributed by atoms with Crippen LogP contribution in [0.4, 0.5) is 0 Å². The highest BCUT2D eigenvalue weighted by molar-refractivity contribution is 5.72. The molecule has 8 nitrogen and oxygen atoms in total. The molecule has 0 radical (unpaired) electrons. The molecule has 8 heteroatoms. The predicted molar refractivity (Wildman–Crippen MR) is 266 cm³/mol. The van der Waals surface area contributed by atoms with E-state index in [4.69, 9.17) is 9.47 Å². The van der Waals surface area contributed by atoms with E-state index in [-0.39, 0.29) is 17.8 Å². The van der Waals surface area contributed by atoms with Gasteiger partial charge in [0, 0.05) is 46.4 Å². The van der Waals surface area contributed by atoms with Crippen molar-refractivity contribution in [1.29, 1.82) is 0 Å². The Kier molecular flexibility index (Phi) is 44.6. The molecule has 1 amide bonds. The van der Waals surface area contributed by atoms with Crippen LogP contribution in [-0.2, 0) is 23.9 Å². The van der Waals surface area contributed by atoms with Crippen LogP contribution < -0.4 is 0 Å². The molecule has 368 valence electrons. The lowest BCUT2D eigenvalue weighted by atomic mass is 9.95. The zero-order valence-electron chi connectivity index (χ0n) is 42.7. The van der Waals surface area contributed by atoms with Crippen LogP contribution in [0.5, 0.6) is 0 Å². The Bertz CT molecular complexity index is 937. The number of carbonyl (C=O) groups excluding carboxylic acids is 3. The molecular formula is C54H107N3O5. The average Bonchev–Trinajstić information content (AvgIpc) is 3.26. The Hall–Kier alpha value is -1.67. The number of unbranched alkanes of at least 4 members (excludes halogenated alkanes) is 21. The summed E-state index contributed by atoms with van der Waals surface area (Å²) in [6, 6.07) is 0. The zero-order valence-corrected chi connectivity index (χ0v) is 42.7. The lowest BCUT2D eigenvalue weighted by Gasteiger charge is -2.26. The standard InChI is InChI=1S/C54H107N3O5/c1-8-12-16-20-22-28-38-51(36-26-18-14-10-3)48-61-53(59)40-30-24-32-44-57(47-46-55(6)42-34-35-43-56(7)50(5)58)45-33-25-31-41-54(60)62-49-52(37-27-19-15-11-4)39-29-23-21-17-13-9-2/h51-52H,8-49H2,1-7H3. The molecule has 0 bridgehead atoms. The van der Waals surface area contributed by atoms with Crippen molar-refractivity contribution in [2.45, 2.75) is 253 Å². The summed E-state index contributed by atoms with van der Waals surface area (Å²) >= 11 is 0. The molecule has 0 fully saturated rings. The Morgan fingerprint density at radius 1 is 0.387 bits per heavy atom. The molecule has 0 saturated heterocycles. The number of hydrogen-bond acceptors (Lipinski definition) is 7. The molecule has 0 spiro atoms. The second kappa shape index (κ2) is 45.9. The van der Waals surface area contributed by atoms with Crippen LogP contribution >= 0.6 is 0 Å². The van der Waals surface area contributed by atoms with Gasteiger partial charge in [-0.2, -0.15) is 0 Å². The molecule has 0 rings (SSSR count). The van der Waals surface area contributed by atoms with Gasteiger partial charge in [-0.1, -0.05) is 169 Å². The lowest BCUT2D eigenvalue weighted by molar-refractivity contribution is -0.146. The van der Waals surface area contributed by atoms with E-state index in [1.807, 2.05) is 7.05 Å². The highest BCUT2D eigenvalue weighted by Gasteiger charge is 2.15. The van der Waals surface area contributed by atoms with Crippen LogP contribution in [0.3, 0.4) is 0 Å². The SMILES string of the molecule is CCCCCCCCC(CCCCCC)COC(=O)CCCCCN(CCCCCC(=O)OCC(CCCCCC)CCCCCCCC)CCN(C)CCCCN(C)C(C)=O. The molecule has 2 unspecified atom stereocenters. The normalized spacial score (nSPS) is 12.6. The largest absolute Gasteiger partial charge is 0.465 e. The molecule has 0 aliphatic rings. The number of amides is 1. The molecule has 2 atom stereocenters. The number of nitrogens with zero attached hydrogens (tertiary/aromatic N) is 3. The van der Waals surface area contributed by atoms with E-state index in [0.29, 0.717) is 37.9 Å². The fraction of sp³-hybridized carbons (Fsp3) is 0.944. The van der Waals surface area contributed by atoms with E-state index >= 15 is 0 Å². The van der Waals surface area contributed by atoms with Gasteiger partial charge in [0.15, 0.2) is 0 Å². The molecule has 62 heavy (non-hydrogen) atoms. The van der Waals surface area contributed by atoms with Crippen molar-refractivity contribution in [2.24, 2.45) is 11.8 Å². The van der Waals surface area contributed by atoms with Gasteiger partial charge in [-0.3, -0.25) is 14.4 Å². The zero-order chi connectivity index (χ0) is 45.7. The quantitative estimate of drug-likeness (QED) is 0.0445. The maximum Gasteiger partial charge on any atom is 0.305 e. The third-order valence-corrected chi connectivity index (χ3v) is 13.2. The van der Waals surface area contributed by atoms with Crippen molar-refractivity contribution in [3.05, 3.63) is 0 Å². The van der Waals surface area contributed by atoms with E-state index in [1.54, 1.807) is 11.8 Å². The highest BCUT2D eigenvalue weighted by atomic mass is 16.5. The van der Waals surface area contributed by atoms with Crippen molar-refractivity contribution in [3.63, 3.8) is 0 Å². The first-order chi connectivity index (χ1) is 30.2. The van der Waals surface area contributed by atoms with E-state index < -0.39 is 0 Å². The summed E-state index contributed by atoms with van der Waals surface area (Å²) in [4.78, 5) is 44.0. The number of hydrogen-bond donors (Lipinski definition) is 0. The molecule has 0 aromatic heterocycles. The Morgan fingerprint density at radius 2 is 0.726 bits per heavy atom. The number of carbonyl (C=O) groups is 3. The van der Waals surface area contributed by atoms with Crippen LogP contribution in [-0.4, -0.2) is 99.1 Å². The summed E-state index contributed by atoms with van der Waals surface area (Å²) < 4.78 is 11.8. The summed E-state index contributed by atoms with van der Waals surface area (Å²) in [5, 5.41) is 0. The fourth-order valence-corrected chi connectivity index (χ4v) is 8.54. The van der Waals surface area contributed by atoms with Crippen LogP contribution in [0.25, 0.3) is 0 Å². The second-order valence-electron chi connectivity index (χ2n) is 19.3. The van der Waals surface area contributed by atoms with Gasteiger partial charge in [0.05, 0.1) is 13.2 Å². The highest BCUT2D eigenvalue weighted by Crippen LogP contribution is 2.21. The van der Waals surface area contributed by atoms with E-state index in [9.17, 15) is 14.4 Å². The van der Waals surface area contributed by atoms with Crippen LogP contribution in [0.1, 0.15) is 253 Å². The number of likely N-dealkylation sites (N-methyl/N-ethyl adjacent to an activating group) is 1. The van der Waals surface area contributed by atoms with Gasteiger partial charge in [0.25, 0.3) is 0 Å². The monoisotopic (exact) mass is 878 g/mol. The minimum atomic E-state index is -0.0155. The number of rotatable bonds is 48. The third kappa shape index (κ3) is 41.1. The molecule has 0 N–H and O–H groups in total. The van der Waals surface area contributed by atoms with Crippen molar-refractivity contribution in [2.75, 3.05) is 66.6 Å². The molecule has 0 aliphatic heterocycles. The minimum absolute atomic E-state index is 0.0155. The van der Waals surface area contributed by atoms with Gasteiger partial charge >= 0.3 is 11.9 Å². The molecule has 0 aromatic rings. The molecular weight excluding hydrogens is 771 g/mol.